The van der Waals surface area contributed by atoms with Crippen molar-refractivity contribution in [3.8, 4) is 0 Å². The van der Waals surface area contributed by atoms with Crippen molar-refractivity contribution in [2.45, 2.75) is 70.5 Å². The highest BCUT2D eigenvalue weighted by atomic mass is 16.2. The van der Waals surface area contributed by atoms with E-state index in [0.717, 1.165) is 38.6 Å². The number of carbonyl (C=O) groups is 2. The summed E-state index contributed by atoms with van der Waals surface area (Å²) in [6.45, 7) is 5.05. The van der Waals surface area contributed by atoms with E-state index in [4.69, 9.17) is 0 Å². The predicted octanol–water partition coefficient (Wildman–Crippen LogP) is 1.79. The number of rotatable bonds is 2. The molecule has 2 aliphatic heterocycles. The van der Waals surface area contributed by atoms with Gasteiger partial charge in [-0.2, -0.15) is 0 Å². The van der Waals surface area contributed by atoms with Crippen molar-refractivity contribution in [2.75, 3.05) is 6.54 Å². The monoisotopic (exact) mass is 264 g/mol. The number of piperazine rings is 1. The van der Waals surface area contributed by atoms with Gasteiger partial charge in [0.1, 0.15) is 12.1 Å². The summed E-state index contributed by atoms with van der Waals surface area (Å²) >= 11 is 0. The van der Waals surface area contributed by atoms with Crippen LogP contribution in [0.5, 0.6) is 0 Å². The van der Waals surface area contributed by atoms with Crippen molar-refractivity contribution in [1.29, 1.82) is 0 Å². The second-order valence-electron chi connectivity index (χ2n) is 6.43. The molecule has 4 atom stereocenters. The maximum Gasteiger partial charge on any atom is 0.246 e. The SMILES string of the molecule is CCC1C(=O)N2CCCC2C(=O)N1C1CCC(C)C1. The first-order valence-corrected chi connectivity index (χ1v) is 7.76. The Bertz CT molecular complexity index is 396. The molecule has 0 spiro atoms. The van der Waals surface area contributed by atoms with Crippen LogP contribution in [0.15, 0.2) is 0 Å². The summed E-state index contributed by atoms with van der Waals surface area (Å²) in [5, 5.41) is 0. The van der Waals surface area contributed by atoms with Gasteiger partial charge in [-0.15, -0.1) is 0 Å². The third-order valence-corrected chi connectivity index (χ3v) is 5.14. The van der Waals surface area contributed by atoms with Crippen LogP contribution in [0, 0.1) is 5.92 Å². The zero-order chi connectivity index (χ0) is 13.6. The highest BCUT2D eigenvalue weighted by Gasteiger charge is 2.49. The van der Waals surface area contributed by atoms with Gasteiger partial charge in [-0.25, -0.2) is 0 Å². The van der Waals surface area contributed by atoms with Gasteiger partial charge >= 0.3 is 0 Å². The molecule has 0 radical (unpaired) electrons. The lowest BCUT2D eigenvalue weighted by atomic mass is 9.99. The molecule has 3 rings (SSSR count). The van der Waals surface area contributed by atoms with Gasteiger partial charge in [-0.3, -0.25) is 9.59 Å². The minimum atomic E-state index is -0.197. The summed E-state index contributed by atoms with van der Waals surface area (Å²) in [6.07, 6.45) is 5.92. The molecule has 0 aromatic heterocycles. The van der Waals surface area contributed by atoms with Crippen LogP contribution in [-0.4, -0.2) is 46.3 Å². The minimum Gasteiger partial charge on any atom is -0.329 e. The lowest BCUT2D eigenvalue weighted by molar-refractivity contribution is -0.162. The Morgan fingerprint density at radius 3 is 2.58 bits per heavy atom. The maximum absolute atomic E-state index is 12.7. The van der Waals surface area contributed by atoms with E-state index < -0.39 is 0 Å². The molecule has 1 saturated carbocycles. The van der Waals surface area contributed by atoms with Crippen molar-refractivity contribution < 1.29 is 9.59 Å². The summed E-state index contributed by atoms with van der Waals surface area (Å²) in [5.41, 5.74) is 0. The first-order valence-electron chi connectivity index (χ1n) is 7.76. The highest BCUT2D eigenvalue weighted by molar-refractivity contribution is 5.97. The third kappa shape index (κ3) is 1.96. The highest BCUT2D eigenvalue weighted by Crippen LogP contribution is 2.36. The molecule has 2 amide bonds. The summed E-state index contributed by atoms with van der Waals surface area (Å²) < 4.78 is 0. The van der Waals surface area contributed by atoms with Crippen LogP contribution in [0.25, 0.3) is 0 Å². The molecule has 2 heterocycles. The largest absolute Gasteiger partial charge is 0.329 e. The number of hydrogen-bond donors (Lipinski definition) is 0. The molecular formula is C15H24N2O2. The molecule has 3 aliphatic rings. The molecular weight excluding hydrogens is 240 g/mol. The fraction of sp³-hybridized carbons (Fsp3) is 0.867. The average Bonchev–Trinajstić information content (AvgIpc) is 3.02. The van der Waals surface area contributed by atoms with Crippen molar-refractivity contribution in [3.63, 3.8) is 0 Å². The summed E-state index contributed by atoms with van der Waals surface area (Å²) in [5.74, 6) is 1.11. The topological polar surface area (TPSA) is 40.6 Å². The standard InChI is InChI=1S/C15H24N2O2/c1-3-12-14(18)16-8-4-5-13(16)15(19)17(12)11-7-6-10(2)9-11/h10-13H,3-9H2,1-2H3. The molecule has 19 heavy (non-hydrogen) atoms. The van der Waals surface area contributed by atoms with Gasteiger partial charge in [0, 0.05) is 12.6 Å². The molecule has 0 N–H and O–H groups in total. The Morgan fingerprint density at radius 2 is 1.95 bits per heavy atom. The van der Waals surface area contributed by atoms with E-state index in [-0.39, 0.29) is 23.9 Å². The normalized spacial score (nSPS) is 39.1. The van der Waals surface area contributed by atoms with Crippen LogP contribution >= 0.6 is 0 Å². The number of amides is 2. The van der Waals surface area contributed by atoms with Gasteiger partial charge in [-0.1, -0.05) is 13.8 Å². The van der Waals surface area contributed by atoms with Crippen LogP contribution in [0.2, 0.25) is 0 Å². The smallest absolute Gasteiger partial charge is 0.246 e. The number of nitrogens with zero attached hydrogens (tertiary/aromatic N) is 2. The van der Waals surface area contributed by atoms with Crippen molar-refractivity contribution in [3.05, 3.63) is 0 Å². The van der Waals surface area contributed by atoms with Crippen LogP contribution < -0.4 is 0 Å². The Kier molecular flexibility index (Phi) is 3.27. The molecule has 4 heteroatoms. The minimum absolute atomic E-state index is 0.147. The lowest BCUT2D eigenvalue weighted by Crippen LogP contribution is -2.64. The van der Waals surface area contributed by atoms with Gasteiger partial charge in [0.15, 0.2) is 0 Å². The first kappa shape index (κ1) is 12.9. The molecule has 2 saturated heterocycles. The quantitative estimate of drug-likeness (QED) is 0.763. The predicted molar refractivity (Wildman–Crippen MR) is 72.5 cm³/mol. The molecule has 4 nitrogen and oxygen atoms in total. The second kappa shape index (κ2) is 4.80. The van der Waals surface area contributed by atoms with Crippen molar-refractivity contribution in [2.24, 2.45) is 5.92 Å². The number of hydrogen-bond acceptors (Lipinski definition) is 2. The zero-order valence-electron chi connectivity index (χ0n) is 12.0. The molecule has 4 unspecified atom stereocenters. The summed E-state index contributed by atoms with van der Waals surface area (Å²) in [4.78, 5) is 29.1. The Hall–Kier alpha value is -1.06. The summed E-state index contributed by atoms with van der Waals surface area (Å²) in [7, 11) is 0. The fourth-order valence-corrected chi connectivity index (χ4v) is 4.16. The lowest BCUT2D eigenvalue weighted by Gasteiger charge is -2.45. The van der Waals surface area contributed by atoms with Crippen LogP contribution in [-0.2, 0) is 9.59 Å². The average molecular weight is 264 g/mol. The van der Waals surface area contributed by atoms with Gasteiger partial charge in [0.2, 0.25) is 11.8 Å². The third-order valence-electron chi connectivity index (χ3n) is 5.14. The number of carbonyl (C=O) groups excluding carboxylic acids is 2. The molecule has 0 bridgehead atoms. The van der Waals surface area contributed by atoms with Gasteiger partial charge < -0.3 is 9.80 Å². The van der Waals surface area contributed by atoms with Crippen LogP contribution in [0.1, 0.15) is 52.4 Å². The van der Waals surface area contributed by atoms with Gasteiger partial charge in [-0.05, 0) is 44.4 Å². The van der Waals surface area contributed by atoms with E-state index in [2.05, 4.69) is 6.92 Å². The van der Waals surface area contributed by atoms with E-state index in [1.54, 1.807) is 0 Å². The maximum atomic E-state index is 12.7. The van der Waals surface area contributed by atoms with Crippen molar-refractivity contribution >= 4 is 11.8 Å². The Balaban J connectivity index is 1.87. The van der Waals surface area contributed by atoms with E-state index in [9.17, 15) is 9.59 Å². The zero-order valence-corrected chi connectivity index (χ0v) is 12.0. The Morgan fingerprint density at radius 1 is 1.16 bits per heavy atom. The molecule has 1 aliphatic carbocycles. The fourth-order valence-electron chi connectivity index (χ4n) is 4.16. The molecule has 0 aromatic rings. The molecule has 3 fully saturated rings. The first-order chi connectivity index (χ1) is 9.13. The van der Waals surface area contributed by atoms with E-state index in [0.29, 0.717) is 12.0 Å². The van der Waals surface area contributed by atoms with Crippen LogP contribution in [0.4, 0.5) is 0 Å². The molecule has 0 aromatic carbocycles. The van der Waals surface area contributed by atoms with Gasteiger partial charge in [0.05, 0.1) is 0 Å². The number of fused-ring (bicyclic) bond motifs is 1. The Labute approximate surface area is 115 Å². The van der Waals surface area contributed by atoms with Crippen LogP contribution in [0.3, 0.4) is 0 Å². The molecule has 106 valence electrons. The van der Waals surface area contributed by atoms with Gasteiger partial charge in [0.25, 0.3) is 0 Å². The second-order valence-corrected chi connectivity index (χ2v) is 6.43. The van der Waals surface area contributed by atoms with E-state index in [1.807, 2.05) is 16.7 Å². The van der Waals surface area contributed by atoms with E-state index >= 15 is 0 Å². The van der Waals surface area contributed by atoms with Crippen molar-refractivity contribution in [1.82, 2.24) is 9.80 Å². The van der Waals surface area contributed by atoms with E-state index in [1.165, 1.54) is 6.42 Å². The summed E-state index contributed by atoms with van der Waals surface area (Å²) in [6, 6.07) is -0.0393.